The van der Waals surface area contributed by atoms with Gasteiger partial charge in [0.15, 0.2) is 0 Å². The molecule has 0 saturated heterocycles. The van der Waals surface area contributed by atoms with E-state index in [1.807, 2.05) is 0 Å². The number of nitrogens with two attached hydrogens (primary N) is 1. The van der Waals surface area contributed by atoms with Gasteiger partial charge < -0.3 is 11.1 Å². The number of halogens is 1. The number of nitrogens with one attached hydrogen (secondary N) is 1. The standard InChI is InChI=1S/C14H19FN2O2S/c15-12-6-5-11(7-13(12)16)17-14(18)9-20(19)8-10-3-1-2-4-10/h5-7,10H,1-4,8-9,16H2,(H,17,18). The topological polar surface area (TPSA) is 72.2 Å². The molecule has 0 spiro atoms. The Morgan fingerprint density at radius 2 is 2.10 bits per heavy atom. The number of benzene rings is 1. The fourth-order valence-electron chi connectivity index (χ4n) is 2.46. The van der Waals surface area contributed by atoms with Crippen LogP contribution in [0.4, 0.5) is 15.8 Å². The molecule has 110 valence electrons. The quantitative estimate of drug-likeness (QED) is 0.819. The summed E-state index contributed by atoms with van der Waals surface area (Å²) in [5, 5.41) is 2.59. The maximum Gasteiger partial charge on any atom is 0.236 e. The lowest BCUT2D eigenvalue weighted by atomic mass is 10.1. The molecule has 0 bridgehead atoms. The summed E-state index contributed by atoms with van der Waals surface area (Å²) in [5.41, 5.74) is 5.82. The number of hydrogen-bond donors (Lipinski definition) is 2. The van der Waals surface area contributed by atoms with Crippen molar-refractivity contribution in [3.8, 4) is 0 Å². The van der Waals surface area contributed by atoms with Gasteiger partial charge in [0.2, 0.25) is 5.91 Å². The molecule has 1 saturated carbocycles. The molecule has 20 heavy (non-hydrogen) atoms. The summed E-state index contributed by atoms with van der Waals surface area (Å²) >= 11 is 0. The molecular weight excluding hydrogens is 279 g/mol. The van der Waals surface area contributed by atoms with Crippen molar-refractivity contribution in [2.24, 2.45) is 5.92 Å². The second kappa shape index (κ2) is 6.83. The van der Waals surface area contributed by atoms with Gasteiger partial charge in [-0.1, -0.05) is 12.8 Å². The molecule has 0 aromatic heterocycles. The normalized spacial score (nSPS) is 17.1. The zero-order chi connectivity index (χ0) is 14.5. The summed E-state index contributed by atoms with van der Waals surface area (Å²) in [6.07, 6.45) is 4.62. The van der Waals surface area contributed by atoms with Crippen LogP contribution in [0.3, 0.4) is 0 Å². The molecule has 4 nitrogen and oxygen atoms in total. The van der Waals surface area contributed by atoms with Crippen molar-refractivity contribution in [3.63, 3.8) is 0 Å². The Balaban J connectivity index is 1.82. The highest BCUT2D eigenvalue weighted by Crippen LogP contribution is 2.25. The summed E-state index contributed by atoms with van der Waals surface area (Å²) in [6, 6.07) is 3.98. The van der Waals surface area contributed by atoms with Crippen LogP contribution in [0.5, 0.6) is 0 Å². The smallest absolute Gasteiger partial charge is 0.236 e. The van der Waals surface area contributed by atoms with Gasteiger partial charge in [-0.05, 0) is 37.0 Å². The average Bonchev–Trinajstić information content (AvgIpc) is 2.86. The van der Waals surface area contributed by atoms with Crippen LogP contribution in [0.1, 0.15) is 25.7 Å². The Hall–Kier alpha value is -1.43. The van der Waals surface area contributed by atoms with Crippen LogP contribution in [-0.2, 0) is 15.6 Å². The van der Waals surface area contributed by atoms with Gasteiger partial charge in [0.25, 0.3) is 0 Å². The number of carbonyl (C=O) groups excluding carboxylic acids is 1. The Labute approximate surface area is 120 Å². The molecule has 1 atom stereocenters. The zero-order valence-corrected chi connectivity index (χ0v) is 12.0. The van der Waals surface area contributed by atoms with E-state index >= 15 is 0 Å². The van der Waals surface area contributed by atoms with Crippen molar-refractivity contribution in [1.29, 1.82) is 0 Å². The molecule has 0 heterocycles. The van der Waals surface area contributed by atoms with Gasteiger partial charge in [0.05, 0.1) is 5.69 Å². The van der Waals surface area contributed by atoms with E-state index in [0.717, 1.165) is 12.8 Å². The Bertz CT molecular complexity index is 516. The summed E-state index contributed by atoms with van der Waals surface area (Å²) < 4.78 is 24.9. The number of hydrogen-bond acceptors (Lipinski definition) is 3. The molecule has 0 radical (unpaired) electrons. The lowest BCUT2D eigenvalue weighted by Gasteiger charge is -2.09. The van der Waals surface area contributed by atoms with Gasteiger partial charge >= 0.3 is 0 Å². The lowest BCUT2D eigenvalue weighted by molar-refractivity contribution is -0.113. The summed E-state index contributed by atoms with van der Waals surface area (Å²) in [7, 11) is -1.14. The highest BCUT2D eigenvalue weighted by Gasteiger charge is 2.19. The van der Waals surface area contributed by atoms with Gasteiger partial charge in [-0.15, -0.1) is 0 Å². The highest BCUT2D eigenvalue weighted by molar-refractivity contribution is 7.85. The van der Waals surface area contributed by atoms with Crippen LogP contribution in [0.15, 0.2) is 18.2 Å². The van der Waals surface area contributed by atoms with Crippen LogP contribution in [0.25, 0.3) is 0 Å². The van der Waals surface area contributed by atoms with Crippen molar-refractivity contribution >= 4 is 28.1 Å². The third-order valence-electron chi connectivity index (χ3n) is 3.47. The van der Waals surface area contributed by atoms with Crippen LogP contribution in [-0.4, -0.2) is 21.6 Å². The molecule has 1 unspecified atom stereocenters. The van der Waals surface area contributed by atoms with Crippen LogP contribution < -0.4 is 11.1 Å². The van der Waals surface area contributed by atoms with E-state index in [0.29, 0.717) is 17.4 Å². The average molecular weight is 298 g/mol. The van der Waals surface area contributed by atoms with E-state index in [4.69, 9.17) is 5.73 Å². The van der Waals surface area contributed by atoms with Crippen LogP contribution in [0.2, 0.25) is 0 Å². The number of rotatable bonds is 5. The van der Waals surface area contributed by atoms with Gasteiger partial charge in [0.1, 0.15) is 11.6 Å². The maximum atomic E-state index is 13.0. The minimum absolute atomic E-state index is 0.0186. The van der Waals surface area contributed by atoms with E-state index in [-0.39, 0.29) is 17.3 Å². The minimum Gasteiger partial charge on any atom is -0.396 e. The Morgan fingerprint density at radius 3 is 2.75 bits per heavy atom. The Morgan fingerprint density at radius 1 is 1.40 bits per heavy atom. The minimum atomic E-state index is -1.14. The van der Waals surface area contributed by atoms with Gasteiger partial charge in [-0.3, -0.25) is 9.00 Å². The molecule has 1 aromatic rings. The SMILES string of the molecule is Nc1cc(NC(=O)CS(=O)CC2CCCC2)ccc1F. The maximum absolute atomic E-state index is 13.0. The first-order valence-electron chi connectivity index (χ1n) is 6.74. The predicted molar refractivity (Wildman–Crippen MR) is 79.3 cm³/mol. The zero-order valence-electron chi connectivity index (χ0n) is 11.2. The van der Waals surface area contributed by atoms with E-state index in [9.17, 15) is 13.4 Å². The van der Waals surface area contributed by atoms with Crippen molar-refractivity contribution in [3.05, 3.63) is 24.0 Å². The highest BCUT2D eigenvalue weighted by atomic mass is 32.2. The fraction of sp³-hybridized carbons (Fsp3) is 0.500. The summed E-state index contributed by atoms with van der Waals surface area (Å²) in [6.45, 7) is 0. The third-order valence-corrected chi connectivity index (χ3v) is 4.90. The number of amides is 1. The second-order valence-corrected chi connectivity index (χ2v) is 6.69. The van der Waals surface area contributed by atoms with Crippen molar-refractivity contribution in [2.45, 2.75) is 25.7 Å². The van der Waals surface area contributed by atoms with E-state index < -0.39 is 16.6 Å². The third kappa shape index (κ3) is 4.30. The summed E-state index contributed by atoms with van der Waals surface area (Å²) in [4.78, 5) is 11.8. The molecule has 3 N–H and O–H groups in total. The molecule has 0 aliphatic heterocycles. The molecule has 6 heteroatoms. The molecule has 1 fully saturated rings. The van der Waals surface area contributed by atoms with E-state index in [1.54, 1.807) is 0 Å². The van der Waals surface area contributed by atoms with Gasteiger partial charge in [-0.2, -0.15) is 0 Å². The second-order valence-electron chi connectivity index (χ2n) is 5.19. The van der Waals surface area contributed by atoms with Crippen LogP contribution >= 0.6 is 0 Å². The first-order valence-corrected chi connectivity index (χ1v) is 8.23. The van der Waals surface area contributed by atoms with Crippen LogP contribution in [0, 0.1) is 11.7 Å². The van der Waals surface area contributed by atoms with Gasteiger partial charge in [0, 0.05) is 22.2 Å². The molecule has 1 aliphatic rings. The lowest BCUT2D eigenvalue weighted by Crippen LogP contribution is -2.22. The van der Waals surface area contributed by atoms with Crippen molar-refractivity contribution in [2.75, 3.05) is 22.6 Å². The monoisotopic (exact) mass is 298 g/mol. The van der Waals surface area contributed by atoms with Crippen molar-refractivity contribution in [1.82, 2.24) is 0 Å². The van der Waals surface area contributed by atoms with E-state index in [1.165, 1.54) is 31.0 Å². The Kier molecular flexibility index (Phi) is 5.11. The van der Waals surface area contributed by atoms with E-state index in [2.05, 4.69) is 5.32 Å². The number of anilines is 2. The number of carbonyl (C=O) groups is 1. The molecular formula is C14H19FN2O2S. The molecule has 1 aliphatic carbocycles. The van der Waals surface area contributed by atoms with Crippen molar-refractivity contribution < 1.29 is 13.4 Å². The number of nitrogen functional groups attached to an aromatic ring is 1. The largest absolute Gasteiger partial charge is 0.396 e. The summed E-state index contributed by atoms with van der Waals surface area (Å²) in [5.74, 6) is 0.220. The molecule has 1 aromatic carbocycles. The predicted octanol–water partition coefficient (Wildman–Crippen LogP) is 2.29. The van der Waals surface area contributed by atoms with Gasteiger partial charge in [-0.25, -0.2) is 4.39 Å². The first kappa shape index (κ1) is 15.0. The first-order chi connectivity index (χ1) is 9.54. The molecule has 1 amide bonds. The molecule has 2 rings (SSSR count). The fourth-order valence-corrected chi connectivity index (χ4v) is 3.81.